The maximum atomic E-state index is 9.28. The molecule has 2 aromatic rings. The molecule has 1 aliphatic rings. The first-order valence-corrected chi connectivity index (χ1v) is 5.94. The van der Waals surface area contributed by atoms with Crippen LogP contribution in [0.4, 0.5) is 0 Å². The summed E-state index contributed by atoms with van der Waals surface area (Å²) in [5, 5.41) is 16.5. The van der Waals surface area contributed by atoms with Crippen LogP contribution in [-0.2, 0) is 0 Å². The number of aliphatic hydroxyl groups excluding tert-OH is 1. The highest BCUT2D eigenvalue weighted by molar-refractivity contribution is 5.85. The molecule has 0 spiro atoms. The van der Waals surface area contributed by atoms with Crippen LogP contribution in [-0.4, -0.2) is 39.9 Å². The van der Waals surface area contributed by atoms with Gasteiger partial charge in [0.2, 0.25) is 11.7 Å². The van der Waals surface area contributed by atoms with E-state index < -0.39 is 0 Å². The molecule has 0 aliphatic carbocycles. The Labute approximate surface area is 128 Å². The molecule has 0 saturated carbocycles. The van der Waals surface area contributed by atoms with Gasteiger partial charge >= 0.3 is 0 Å². The van der Waals surface area contributed by atoms with E-state index in [1.807, 2.05) is 12.1 Å². The number of hydrogen-bond donors (Lipinski definition) is 2. The fraction of sp³-hybridized carbons (Fsp3) is 0.417. The van der Waals surface area contributed by atoms with Crippen molar-refractivity contribution in [3.05, 3.63) is 30.4 Å². The summed E-state index contributed by atoms with van der Waals surface area (Å²) in [4.78, 5) is 8.42. The molecule has 6 nitrogen and oxygen atoms in total. The maximum absolute atomic E-state index is 9.28. The molecule has 1 saturated heterocycles. The predicted molar refractivity (Wildman–Crippen MR) is 78.2 cm³/mol. The van der Waals surface area contributed by atoms with E-state index in [0.29, 0.717) is 11.7 Å². The first-order valence-electron chi connectivity index (χ1n) is 5.94. The Kier molecular flexibility index (Phi) is 6.35. The summed E-state index contributed by atoms with van der Waals surface area (Å²) in [6.07, 6.45) is 3.40. The van der Waals surface area contributed by atoms with Crippen molar-refractivity contribution in [3.8, 4) is 11.4 Å². The highest BCUT2D eigenvalue weighted by Gasteiger charge is 2.32. The summed E-state index contributed by atoms with van der Waals surface area (Å²) in [7, 11) is 0. The lowest BCUT2D eigenvalue weighted by Crippen LogP contribution is -2.15. The van der Waals surface area contributed by atoms with Gasteiger partial charge in [0.05, 0.1) is 5.92 Å². The minimum atomic E-state index is 0. The zero-order chi connectivity index (χ0) is 12.4. The fourth-order valence-corrected chi connectivity index (χ4v) is 2.21. The minimum absolute atomic E-state index is 0. The van der Waals surface area contributed by atoms with Crippen molar-refractivity contribution in [2.75, 3.05) is 19.7 Å². The van der Waals surface area contributed by atoms with E-state index >= 15 is 0 Å². The third-order valence-electron chi connectivity index (χ3n) is 3.25. The number of nitrogens with one attached hydrogen (secondary N) is 1. The van der Waals surface area contributed by atoms with E-state index in [2.05, 4.69) is 20.4 Å². The monoisotopic (exact) mass is 318 g/mol. The van der Waals surface area contributed by atoms with Crippen LogP contribution in [0.1, 0.15) is 11.8 Å². The van der Waals surface area contributed by atoms with Gasteiger partial charge in [-0.3, -0.25) is 4.98 Å². The van der Waals surface area contributed by atoms with Crippen molar-refractivity contribution in [2.45, 2.75) is 5.92 Å². The highest BCUT2D eigenvalue weighted by Crippen LogP contribution is 2.27. The highest BCUT2D eigenvalue weighted by atomic mass is 35.5. The molecule has 0 amide bonds. The van der Waals surface area contributed by atoms with Gasteiger partial charge in [0.1, 0.15) is 0 Å². The van der Waals surface area contributed by atoms with Gasteiger partial charge in [-0.1, -0.05) is 5.16 Å². The Bertz CT molecular complexity index is 523. The van der Waals surface area contributed by atoms with Crippen LogP contribution < -0.4 is 5.32 Å². The summed E-state index contributed by atoms with van der Waals surface area (Å²) < 4.78 is 5.30. The predicted octanol–water partition coefficient (Wildman–Crippen LogP) is 1.27. The molecule has 3 heterocycles. The van der Waals surface area contributed by atoms with E-state index in [-0.39, 0.29) is 43.3 Å². The zero-order valence-corrected chi connectivity index (χ0v) is 12.2. The molecule has 2 aromatic heterocycles. The van der Waals surface area contributed by atoms with Gasteiger partial charge in [-0.25, -0.2) is 0 Å². The molecule has 2 N–H and O–H groups in total. The average molecular weight is 319 g/mol. The third-order valence-corrected chi connectivity index (χ3v) is 3.25. The summed E-state index contributed by atoms with van der Waals surface area (Å²) in [6, 6.07) is 3.72. The van der Waals surface area contributed by atoms with Crippen LogP contribution in [0.3, 0.4) is 0 Å². The maximum Gasteiger partial charge on any atom is 0.231 e. The van der Waals surface area contributed by atoms with E-state index in [4.69, 9.17) is 4.52 Å². The standard InChI is InChI=1S/C12H14N4O2.2ClH/c17-7-9-5-14-6-10(9)12-15-11(16-18-12)8-2-1-3-13-4-8;;/h1-4,9-10,14,17H,5-7H2;2*1H/t9-,10+;;/m1../s1. The van der Waals surface area contributed by atoms with Crippen LogP contribution in [0, 0.1) is 5.92 Å². The minimum Gasteiger partial charge on any atom is -0.396 e. The lowest BCUT2D eigenvalue weighted by atomic mass is 9.97. The van der Waals surface area contributed by atoms with Crippen molar-refractivity contribution in [2.24, 2.45) is 5.92 Å². The van der Waals surface area contributed by atoms with Crippen molar-refractivity contribution in [1.29, 1.82) is 0 Å². The van der Waals surface area contributed by atoms with E-state index in [1.165, 1.54) is 0 Å². The number of aliphatic hydroxyl groups is 1. The Hall–Kier alpha value is -1.21. The number of halogens is 2. The van der Waals surface area contributed by atoms with Crippen LogP contribution >= 0.6 is 24.8 Å². The smallest absolute Gasteiger partial charge is 0.231 e. The molecule has 1 fully saturated rings. The fourth-order valence-electron chi connectivity index (χ4n) is 2.21. The molecule has 0 aromatic carbocycles. The van der Waals surface area contributed by atoms with Crippen molar-refractivity contribution >= 4 is 24.8 Å². The molecular formula is C12H16Cl2N4O2. The first kappa shape index (κ1) is 16.8. The van der Waals surface area contributed by atoms with E-state index in [9.17, 15) is 5.11 Å². The molecule has 0 unspecified atom stereocenters. The first-order chi connectivity index (χ1) is 8.88. The van der Waals surface area contributed by atoms with Crippen molar-refractivity contribution in [3.63, 3.8) is 0 Å². The quantitative estimate of drug-likeness (QED) is 0.886. The van der Waals surface area contributed by atoms with Gasteiger partial charge in [0.25, 0.3) is 0 Å². The molecule has 1 aliphatic heterocycles. The second-order valence-electron chi connectivity index (χ2n) is 4.41. The van der Waals surface area contributed by atoms with Crippen molar-refractivity contribution in [1.82, 2.24) is 20.4 Å². The lowest BCUT2D eigenvalue weighted by molar-refractivity contribution is 0.211. The molecule has 3 rings (SSSR count). The molecule has 110 valence electrons. The van der Waals surface area contributed by atoms with Gasteiger partial charge in [-0.15, -0.1) is 24.8 Å². The van der Waals surface area contributed by atoms with Crippen molar-refractivity contribution < 1.29 is 9.63 Å². The van der Waals surface area contributed by atoms with Gasteiger partial charge in [-0.2, -0.15) is 4.98 Å². The number of hydrogen-bond acceptors (Lipinski definition) is 6. The third kappa shape index (κ3) is 3.27. The molecule has 0 bridgehead atoms. The van der Waals surface area contributed by atoms with Crippen LogP contribution in [0.2, 0.25) is 0 Å². The average Bonchev–Trinajstić information content (AvgIpc) is 3.08. The zero-order valence-electron chi connectivity index (χ0n) is 10.6. The second-order valence-corrected chi connectivity index (χ2v) is 4.41. The van der Waals surface area contributed by atoms with Crippen LogP contribution in [0.15, 0.2) is 29.0 Å². The SMILES string of the molecule is Cl.Cl.OC[C@H]1CNC[C@@H]1c1nc(-c2cccnc2)no1. The Balaban J connectivity index is 0.000001000. The largest absolute Gasteiger partial charge is 0.396 e. The Morgan fingerprint density at radius 1 is 1.35 bits per heavy atom. The molecule has 0 radical (unpaired) electrons. The number of pyridine rings is 1. The normalized spacial score (nSPS) is 21.1. The summed E-state index contributed by atoms with van der Waals surface area (Å²) in [5.41, 5.74) is 0.832. The van der Waals surface area contributed by atoms with Gasteiger partial charge in [0.15, 0.2) is 0 Å². The molecule has 8 heteroatoms. The Morgan fingerprint density at radius 3 is 2.90 bits per heavy atom. The summed E-state index contributed by atoms with van der Waals surface area (Å²) in [5.74, 6) is 1.36. The van der Waals surface area contributed by atoms with Crippen LogP contribution in [0.5, 0.6) is 0 Å². The van der Waals surface area contributed by atoms with Gasteiger partial charge < -0.3 is 14.9 Å². The number of rotatable bonds is 3. The van der Waals surface area contributed by atoms with E-state index in [0.717, 1.165) is 18.7 Å². The summed E-state index contributed by atoms with van der Waals surface area (Å²) in [6.45, 7) is 1.67. The second kappa shape index (κ2) is 7.54. The van der Waals surface area contributed by atoms with Gasteiger partial charge in [-0.05, 0) is 12.1 Å². The number of aromatic nitrogens is 3. The molecule has 20 heavy (non-hydrogen) atoms. The van der Waals surface area contributed by atoms with Gasteiger partial charge in [0, 0.05) is 43.6 Å². The van der Waals surface area contributed by atoms with E-state index in [1.54, 1.807) is 12.4 Å². The molecule has 2 atom stereocenters. The summed E-state index contributed by atoms with van der Waals surface area (Å²) >= 11 is 0. The topological polar surface area (TPSA) is 84.1 Å². The number of nitrogens with zero attached hydrogens (tertiary/aromatic N) is 3. The molecular weight excluding hydrogens is 303 g/mol. The van der Waals surface area contributed by atoms with Crippen LogP contribution in [0.25, 0.3) is 11.4 Å². The Morgan fingerprint density at radius 2 is 2.20 bits per heavy atom. The lowest BCUT2D eigenvalue weighted by Gasteiger charge is -2.10.